The van der Waals surface area contributed by atoms with Crippen LogP contribution in [0.15, 0.2) is 0 Å². The lowest BCUT2D eigenvalue weighted by molar-refractivity contribution is -0.144. The fraction of sp³-hybridized carbons (Fsp3) is 0.727. The number of methoxy groups -OCH3 is 1. The summed E-state index contributed by atoms with van der Waals surface area (Å²) < 4.78 is 4.41. The van der Waals surface area contributed by atoms with Crippen molar-refractivity contribution in [3.8, 4) is 0 Å². The molecule has 0 spiro atoms. The van der Waals surface area contributed by atoms with Crippen molar-refractivity contribution in [2.24, 2.45) is 0 Å². The maximum atomic E-state index is 11.8. The minimum atomic E-state index is -1.21. The first-order chi connectivity index (χ1) is 8.93. The summed E-state index contributed by atoms with van der Waals surface area (Å²) in [7, 11) is 1.21. The fourth-order valence-electron chi connectivity index (χ4n) is 1.81. The summed E-state index contributed by atoms with van der Waals surface area (Å²) in [6, 6.07) is -1.75. The maximum Gasteiger partial charge on any atom is 0.326 e. The summed E-state index contributed by atoms with van der Waals surface area (Å²) in [5.41, 5.74) is 0. The van der Waals surface area contributed by atoms with Crippen LogP contribution in [0.25, 0.3) is 0 Å². The van der Waals surface area contributed by atoms with Gasteiger partial charge in [0, 0.05) is 13.0 Å². The first kappa shape index (κ1) is 15.4. The Hall–Kier alpha value is -1.67. The van der Waals surface area contributed by atoms with Gasteiger partial charge in [0.05, 0.1) is 19.3 Å². The number of carbonyl (C=O) groups is 3. The molecule has 0 bridgehead atoms. The standard InChI is InChI=1S/C11H18N2O6/c1-19-9(15)3-2-7(11(17)18)13-10(16)8-4-6(14)5-12-8/h6-8,12,14H,2-5H2,1H3,(H,13,16)(H,17,18)/t6?,7-,8?/m1/s1. The number of carboxylic acids is 1. The second kappa shape index (κ2) is 7.05. The van der Waals surface area contributed by atoms with Crippen LogP contribution in [0.3, 0.4) is 0 Å². The molecule has 0 aromatic heterocycles. The Bertz CT molecular complexity index is 359. The molecule has 0 saturated carbocycles. The van der Waals surface area contributed by atoms with Gasteiger partial charge in [0.2, 0.25) is 5.91 Å². The van der Waals surface area contributed by atoms with Crippen molar-refractivity contribution >= 4 is 17.8 Å². The molecule has 1 fully saturated rings. The van der Waals surface area contributed by atoms with Gasteiger partial charge in [-0.05, 0) is 12.8 Å². The molecule has 1 saturated heterocycles. The van der Waals surface area contributed by atoms with Gasteiger partial charge < -0.3 is 25.6 Å². The number of carboxylic acid groups (broad SMARTS) is 1. The van der Waals surface area contributed by atoms with Gasteiger partial charge in [0.25, 0.3) is 0 Å². The number of aliphatic hydroxyl groups excluding tert-OH is 1. The number of aliphatic carboxylic acids is 1. The quantitative estimate of drug-likeness (QED) is 0.422. The summed E-state index contributed by atoms with van der Waals surface area (Å²) in [5, 5.41) is 23.4. The van der Waals surface area contributed by atoms with E-state index in [0.717, 1.165) is 0 Å². The van der Waals surface area contributed by atoms with E-state index in [0.29, 0.717) is 6.54 Å². The monoisotopic (exact) mass is 274 g/mol. The van der Waals surface area contributed by atoms with Crippen molar-refractivity contribution in [3.05, 3.63) is 0 Å². The molecule has 108 valence electrons. The van der Waals surface area contributed by atoms with Gasteiger partial charge in [-0.1, -0.05) is 0 Å². The third-order valence-electron chi connectivity index (χ3n) is 2.90. The highest BCUT2D eigenvalue weighted by molar-refractivity contribution is 5.87. The number of β-amino-alcohol motifs (C(OH)–C–C–N with tert-alkyl or cyclic N) is 1. The number of ether oxygens (including phenoxy) is 1. The van der Waals surface area contributed by atoms with Gasteiger partial charge in [0.1, 0.15) is 6.04 Å². The second-order valence-corrected chi connectivity index (χ2v) is 4.36. The van der Waals surface area contributed by atoms with E-state index in [2.05, 4.69) is 15.4 Å². The second-order valence-electron chi connectivity index (χ2n) is 4.36. The van der Waals surface area contributed by atoms with E-state index in [1.54, 1.807) is 0 Å². The van der Waals surface area contributed by atoms with Crippen LogP contribution in [0.1, 0.15) is 19.3 Å². The van der Waals surface area contributed by atoms with Crippen LogP contribution in [0.2, 0.25) is 0 Å². The van der Waals surface area contributed by atoms with Crippen LogP contribution >= 0.6 is 0 Å². The Morgan fingerprint density at radius 1 is 1.47 bits per heavy atom. The molecule has 2 unspecified atom stereocenters. The third-order valence-corrected chi connectivity index (χ3v) is 2.90. The zero-order valence-electron chi connectivity index (χ0n) is 10.6. The average Bonchev–Trinajstić information content (AvgIpc) is 2.80. The topological polar surface area (TPSA) is 125 Å². The molecule has 0 radical (unpaired) electrons. The fourth-order valence-corrected chi connectivity index (χ4v) is 1.81. The summed E-state index contributed by atoms with van der Waals surface area (Å²) in [6.07, 6.45) is -0.485. The predicted octanol–water partition coefficient (Wildman–Crippen LogP) is -1.77. The normalized spacial score (nSPS) is 23.7. The SMILES string of the molecule is COC(=O)CC[C@@H](NC(=O)C1CC(O)CN1)C(=O)O. The van der Waals surface area contributed by atoms with Crippen molar-refractivity contribution in [2.45, 2.75) is 37.5 Å². The zero-order valence-corrected chi connectivity index (χ0v) is 10.6. The van der Waals surface area contributed by atoms with Gasteiger partial charge in [-0.25, -0.2) is 4.79 Å². The summed E-state index contributed by atoms with van der Waals surface area (Å²) in [5.74, 6) is -2.24. The molecule has 3 atom stereocenters. The third kappa shape index (κ3) is 4.84. The Balaban J connectivity index is 2.46. The molecule has 1 heterocycles. The Morgan fingerprint density at radius 3 is 2.63 bits per heavy atom. The average molecular weight is 274 g/mol. The van der Waals surface area contributed by atoms with Crippen LogP contribution < -0.4 is 10.6 Å². The lowest BCUT2D eigenvalue weighted by Crippen LogP contribution is -2.48. The molecule has 0 aliphatic carbocycles. The molecule has 1 rings (SSSR count). The highest BCUT2D eigenvalue weighted by Crippen LogP contribution is 2.07. The van der Waals surface area contributed by atoms with E-state index < -0.39 is 36.0 Å². The molecule has 8 nitrogen and oxygen atoms in total. The minimum Gasteiger partial charge on any atom is -0.480 e. The van der Waals surface area contributed by atoms with Crippen LogP contribution in [-0.4, -0.2) is 59.9 Å². The summed E-state index contributed by atoms with van der Waals surface area (Å²) >= 11 is 0. The zero-order chi connectivity index (χ0) is 14.4. The molecule has 0 aromatic rings. The number of esters is 1. The number of aliphatic hydroxyl groups is 1. The van der Waals surface area contributed by atoms with Crippen molar-refractivity contribution < 1.29 is 29.3 Å². The van der Waals surface area contributed by atoms with E-state index in [1.807, 2.05) is 0 Å². The molecule has 1 aliphatic rings. The maximum absolute atomic E-state index is 11.8. The Labute approximate surface area is 110 Å². The van der Waals surface area contributed by atoms with E-state index in [-0.39, 0.29) is 19.3 Å². The molecular formula is C11H18N2O6. The van der Waals surface area contributed by atoms with Crippen LogP contribution in [-0.2, 0) is 19.1 Å². The summed E-state index contributed by atoms with van der Waals surface area (Å²) in [4.78, 5) is 33.7. The van der Waals surface area contributed by atoms with Crippen molar-refractivity contribution in [3.63, 3.8) is 0 Å². The van der Waals surface area contributed by atoms with Gasteiger partial charge >= 0.3 is 11.9 Å². The predicted molar refractivity (Wildman–Crippen MR) is 63.2 cm³/mol. The number of nitrogens with one attached hydrogen (secondary N) is 2. The van der Waals surface area contributed by atoms with E-state index in [9.17, 15) is 19.5 Å². The molecule has 8 heteroatoms. The van der Waals surface area contributed by atoms with E-state index >= 15 is 0 Å². The van der Waals surface area contributed by atoms with Gasteiger partial charge in [0.15, 0.2) is 0 Å². The first-order valence-corrected chi connectivity index (χ1v) is 5.95. The van der Waals surface area contributed by atoms with Crippen molar-refractivity contribution in [2.75, 3.05) is 13.7 Å². The van der Waals surface area contributed by atoms with Gasteiger partial charge in [-0.15, -0.1) is 0 Å². The number of carbonyl (C=O) groups excluding carboxylic acids is 2. The number of hydrogen-bond acceptors (Lipinski definition) is 6. The molecule has 4 N–H and O–H groups in total. The highest BCUT2D eigenvalue weighted by Gasteiger charge is 2.31. The van der Waals surface area contributed by atoms with E-state index in [1.165, 1.54) is 7.11 Å². The number of rotatable bonds is 6. The Kier molecular flexibility index (Phi) is 5.71. The molecule has 19 heavy (non-hydrogen) atoms. The lowest BCUT2D eigenvalue weighted by Gasteiger charge is -2.17. The molecular weight excluding hydrogens is 256 g/mol. The van der Waals surface area contributed by atoms with Crippen LogP contribution in [0, 0.1) is 0 Å². The highest BCUT2D eigenvalue weighted by atomic mass is 16.5. The first-order valence-electron chi connectivity index (χ1n) is 5.95. The van der Waals surface area contributed by atoms with Crippen molar-refractivity contribution in [1.82, 2.24) is 10.6 Å². The molecule has 1 amide bonds. The smallest absolute Gasteiger partial charge is 0.326 e. The Morgan fingerprint density at radius 2 is 2.16 bits per heavy atom. The molecule has 1 aliphatic heterocycles. The van der Waals surface area contributed by atoms with Crippen molar-refractivity contribution in [1.29, 1.82) is 0 Å². The molecule has 0 aromatic carbocycles. The summed E-state index contributed by atoms with van der Waals surface area (Å²) in [6.45, 7) is 0.304. The van der Waals surface area contributed by atoms with E-state index in [4.69, 9.17) is 5.11 Å². The van der Waals surface area contributed by atoms with Gasteiger partial charge in [-0.3, -0.25) is 9.59 Å². The van der Waals surface area contributed by atoms with Crippen LogP contribution in [0.4, 0.5) is 0 Å². The van der Waals surface area contributed by atoms with Gasteiger partial charge in [-0.2, -0.15) is 0 Å². The largest absolute Gasteiger partial charge is 0.480 e. The minimum absolute atomic E-state index is 0.0387. The van der Waals surface area contributed by atoms with Crippen LogP contribution in [0.5, 0.6) is 0 Å². The number of amides is 1. The number of hydrogen-bond donors (Lipinski definition) is 4. The lowest BCUT2D eigenvalue weighted by atomic mass is 10.1.